The van der Waals surface area contributed by atoms with E-state index in [-0.39, 0.29) is 0 Å². The maximum Gasteiger partial charge on any atom is 0.164 e. The van der Waals surface area contributed by atoms with Crippen LogP contribution < -0.4 is 4.90 Å². The molecule has 8 aromatic carbocycles. The number of benzene rings is 8. The van der Waals surface area contributed by atoms with Gasteiger partial charge in [-0.3, -0.25) is 0 Å². The average molecular weight is 749 g/mol. The number of hydrogen-bond donors (Lipinski definition) is 0. The average Bonchev–Trinajstić information content (AvgIpc) is 3.87. The number of hydrogen-bond acceptors (Lipinski definition) is 6. The Morgan fingerprint density at radius 3 is 1.63 bits per heavy atom. The third-order valence-corrected chi connectivity index (χ3v) is 11.7. The molecular weight excluding hydrogens is 717 g/mol. The van der Waals surface area contributed by atoms with Crippen LogP contribution >= 0.6 is 11.3 Å². The van der Waals surface area contributed by atoms with E-state index < -0.39 is 0 Å². The van der Waals surface area contributed by atoms with Gasteiger partial charge in [0.2, 0.25) is 0 Å². The molecule has 0 bridgehead atoms. The zero-order valence-electron chi connectivity index (χ0n) is 30.6. The number of anilines is 3. The second-order valence-corrected chi connectivity index (χ2v) is 15.1. The Morgan fingerprint density at radius 1 is 0.386 bits per heavy atom. The molecule has 0 N–H and O–H groups in total. The van der Waals surface area contributed by atoms with E-state index in [1.54, 1.807) is 0 Å². The van der Waals surface area contributed by atoms with Gasteiger partial charge in [-0.2, -0.15) is 0 Å². The quantitative estimate of drug-likeness (QED) is 0.162. The molecule has 0 saturated heterocycles. The molecule has 0 fully saturated rings. The van der Waals surface area contributed by atoms with Gasteiger partial charge in [-0.1, -0.05) is 146 Å². The largest absolute Gasteiger partial charge is 0.456 e. The summed E-state index contributed by atoms with van der Waals surface area (Å²) in [5.74, 6) is 1.83. The summed E-state index contributed by atoms with van der Waals surface area (Å²) in [6, 6.07) is 67.4. The van der Waals surface area contributed by atoms with Crippen LogP contribution in [0.2, 0.25) is 0 Å². The van der Waals surface area contributed by atoms with Crippen molar-refractivity contribution in [1.29, 1.82) is 0 Å². The molecule has 57 heavy (non-hydrogen) atoms. The van der Waals surface area contributed by atoms with E-state index in [0.29, 0.717) is 17.5 Å². The summed E-state index contributed by atoms with van der Waals surface area (Å²) >= 11 is 1.83. The lowest BCUT2D eigenvalue weighted by Gasteiger charge is -2.27. The summed E-state index contributed by atoms with van der Waals surface area (Å²) in [5.41, 5.74) is 9.84. The number of fused-ring (bicyclic) bond motifs is 6. The van der Waals surface area contributed by atoms with Gasteiger partial charge >= 0.3 is 0 Å². The molecule has 0 spiro atoms. The van der Waals surface area contributed by atoms with Gasteiger partial charge in [0.15, 0.2) is 17.5 Å². The fourth-order valence-electron chi connectivity index (χ4n) is 7.82. The van der Waals surface area contributed by atoms with Gasteiger partial charge in [-0.05, 0) is 59.7 Å². The van der Waals surface area contributed by atoms with E-state index in [2.05, 4.69) is 138 Å². The van der Waals surface area contributed by atoms with E-state index in [1.165, 1.54) is 31.3 Å². The first-order valence-electron chi connectivity index (χ1n) is 18.9. The Bertz CT molecular complexity index is 3170. The molecule has 0 amide bonds. The van der Waals surface area contributed by atoms with Crippen molar-refractivity contribution in [3.63, 3.8) is 0 Å². The van der Waals surface area contributed by atoms with Crippen molar-refractivity contribution >= 4 is 70.5 Å². The molecule has 11 rings (SSSR count). The number of rotatable bonds is 7. The summed E-state index contributed by atoms with van der Waals surface area (Å²) in [6.45, 7) is 0. The molecule has 0 radical (unpaired) electrons. The van der Waals surface area contributed by atoms with Crippen LogP contribution in [0.3, 0.4) is 0 Å². The van der Waals surface area contributed by atoms with Crippen molar-refractivity contribution in [3.05, 3.63) is 194 Å². The molecule has 6 heteroatoms. The maximum absolute atomic E-state index is 6.72. The molecule has 0 aliphatic heterocycles. The highest BCUT2D eigenvalue weighted by molar-refractivity contribution is 7.26. The normalized spacial score (nSPS) is 11.5. The minimum atomic E-state index is 0.585. The molecule has 0 atom stereocenters. The Labute approximate surface area is 332 Å². The molecule has 0 aliphatic rings. The molecule has 0 saturated carbocycles. The van der Waals surface area contributed by atoms with Crippen LogP contribution in [0.25, 0.3) is 87.4 Å². The zero-order valence-corrected chi connectivity index (χ0v) is 31.4. The van der Waals surface area contributed by atoms with Gasteiger partial charge in [0, 0.05) is 43.2 Å². The molecule has 3 heterocycles. The minimum Gasteiger partial charge on any atom is -0.456 e. The first kappa shape index (κ1) is 33.0. The predicted octanol–water partition coefficient (Wildman–Crippen LogP) is 14.3. The van der Waals surface area contributed by atoms with Crippen LogP contribution in [0.5, 0.6) is 0 Å². The van der Waals surface area contributed by atoms with E-state index in [1.807, 2.05) is 72.0 Å². The molecule has 3 aromatic heterocycles. The number of aromatic nitrogens is 3. The van der Waals surface area contributed by atoms with Crippen LogP contribution in [0.15, 0.2) is 199 Å². The van der Waals surface area contributed by atoms with E-state index in [9.17, 15) is 0 Å². The van der Waals surface area contributed by atoms with Crippen molar-refractivity contribution in [2.45, 2.75) is 0 Å². The molecule has 268 valence electrons. The van der Waals surface area contributed by atoms with Crippen molar-refractivity contribution < 1.29 is 4.42 Å². The predicted molar refractivity (Wildman–Crippen MR) is 236 cm³/mol. The first-order chi connectivity index (χ1) is 28.2. The maximum atomic E-state index is 6.72. The van der Waals surface area contributed by atoms with Gasteiger partial charge in [0.25, 0.3) is 0 Å². The Balaban J connectivity index is 1.10. The third kappa shape index (κ3) is 5.82. The third-order valence-electron chi connectivity index (χ3n) is 10.5. The van der Waals surface area contributed by atoms with Crippen LogP contribution in [-0.2, 0) is 0 Å². The Kier molecular flexibility index (Phi) is 7.93. The summed E-state index contributed by atoms with van der Waals surface area (Å²) in [6.07, 6.45) is 0. The Morgan fingerprint density at radius 2 is 0.930 bits per heavy atom. The second kappa shape index (κ2) is 13.7. The highest BCUT2D eigenvalue weighted by atomic mass is 32.1. The lowest BCUT2D eigenvalue weighted by atomic mass is 10.0. The highest BCUT2D eigenvalue weighted by Gasteiger charge is 2.23. The molecular formula is C51H32N4OS. The van der Waals surface area contributed by atoms with E-state index >= 15 is 0 Å². The molecule has 11 aromatic rings. The molecule has 0 unspecified atom stereocenters. The van der Waals surface area contributed by atoms with Gasteiger partial charge in [-0.15, -0.1) is 11.3 Å². The lowest BCUT2D eigenvalue weighted by molar-refractivity contribution is 0.669. The number of thiophene rings is 1. The molecule has 0 aliphatic carbocycles. The smallest absolute Gasteiger partial charge is 0.164 e. The Hall–Kier alpha value is -7.41. The van der Waals surface area contributed by atoms with Crippen LogP contribution in [0.1, 0.15) is 0 Å². The van der Waals surface area contributed by atoms with Crippen molar-refractivity contribution in [2.75, 3.05) is 4.90 Å². The first-order valence-corrected chi connectivity index (χ1v) is 19.8. The number of furan rings is 1. The van der Waals surface area contributed by atoms with Crippen LogP contribution in [0.4, 0.5) is 17.1 Å². The second-order valence-electron chi connectivity index (χ2n) is 14.0. The summed E-state index contributed by atoms with van der Waals surface area (Å²) in [7, 11) is 0. The van der Waals surface area contributed by atoms with Crippen LogP contribution in [-0.4, -0.2) is 15.0 Å². The van der Waals surface area contributed by atoms with E-state index in [4.69, 9.17) is 19.4 Å². The van der Waals surface area contributed by atoms with Gasteiger partial charge < -0.3 is 9.32 Å². The van der Waals surface area contributed by atoms with Crippen molar-refractivity contribution in [2.24, 2.45) is 0 Å². The summed E-state index contributed by atoms with van der Waals surface area (Å²) < 4.78 is 9.22. The SMILES string of the molecule is c1ccc(-c2ccc(N(c3cccc4c3sc3ccccc34)c3cccc4oc5cc(-c6nc(-c7ccccc7)nc(-c7ccccc7)n6)ccc5c34)cc2)cc1. The fourth-order valence-corrected chi connectivity index (χ4v) is 9.03. The lowest BCUT2D eigenvalue weighted by Crippen LogP contribution is -2.10. The zero-order chi connectivity index (χ0) is 37.7. The highest BCUT2D eigenvalue weighted by Crippen LogP contribution is 2.48. The number of nitrogens with zero attached hydrogens (tertiary/aromatic N) is 4. The van der Waals surface area contributed by atoms with Gasteiger partial charge in [0.05, 0.1) is 21.5 Å². The summed E-state index contributed by atoms with van der Waals surface area (Å²) in [4.78, 5) is 17.3. The standard InChI is InChI=1S/C51H32N4OS/c1-4-14-33(15-5-1)34-26-29-38(30-27-34)55(43-23-12-21-40-39-20-10-11-25-46(39)57-48(40)43)42-22-13-24-44-47(42)41-31-28-37(32-45(41)56-44)51-53-49(35-16-6-2-7-17-35)52-50(54-51)36-18-8-3-9-19-36/h1-32H. The van der Waals surface area contributed by atoms with Gasteiger partial charge in [0.1, 0.15) is 11.2 Å². The fraction of sp³-hybridized carbons (Fsp3) is 0. The summed E-state index contributed by atoms with van der Waals surface area (Å²) in [5, 5.41) is 4.56. The monoisotopic (exact) mass is 748 g/mol. The van der Waals surface area contributed by atoms with Gasteiger partial charge in [-0.25, -0.2) is 15.0 Å². The van der Waals surface area contributed by atoms with Crippen molar-refractivity contribution in [1.82, 2.24) is 15.0 Å². The van der Waals surface area contributed by atoms with E-state index in [0.717, 1.165) is 55.7 Å². The topological polar surface area (TPSA) is 55.1 Å². The van der Waals surface area contributed by atoms with Crippen molar-refractivity contribution in [3.8, 4) is 45.3 Å². The van der Waals surface area contributed by atoms with Crippen LogP contribution in [0, 0.1) is 0 Å². The molecule has 5 nitrogen and oxygen atoms in total. The minimum absolute atomic E-state index is 0.585.